The Bertz CT molecular complexity index is 501. The maximum Gasteiger partial charge on any atom is 0.416 e. The lowest BCUT2D eigenvalue weighted by Crippen LogP contribution is -2.37. The van der Waals surface area contributed by atoms with Crippen molar-refractivity contribution in [2.24, 2.45) is 4.99 Å². The number of halogens is 3. The second-order valence-electron chi connectivity index (χ2n) is 4.64. The minimum absolute atomic E-state index is 0.0577. The molecule has 1 aromatic carbocycles. The van der Waals surface area contributed by atoms with Crippen molar-refractivity contribution in [1.29, 1.82) is 0 Å². The zero-order valence-corrected chi connectivity index (χ0v) is 13.0. The molecule has 0 aliphatic heterocycles. The predicted octanol–water partition coefficient (Wildman–Crippen LogP) is 3.18. The molecular formula is C15H22F3N3O. The minimum atomic E-state index is -4.44. The molecule has 0 atom stereocenters. The Kier molecular flexibility index (Phi) is 7.01. The van der Waals surface area contributed by atoms with E-state index in [1.165, 1.54) is 19.2 Å². The lowest BCUT2D eigenvalue weighted by atomic mass is 10.1. The normalized spacial score (nSPS) is 12.2. The van der Waals surface area contributed by atoms with Crippen molar-refractivity contribution in [3.63, 3.8) is 0 Å². The topological polar surface area (TPSA) is 45.7 Å². The molecule has 0 aromatic heterocycles. The van der Waals surface area contributed by atoms with Crippen LogP contribution in [0.1, 0.15) is 31.4 Å². The van der Waals surface area contributed by atoms with Gasteiger partial charge in [-0.15, -0.1) is 0 Å². The van der Waals surface area contributed by atoms with Crippen LogP contribution in [0.2, 0.25) is 0 Å². The fourth-order valence-electron chi connectivity index (χ4n) is 1.83. The Morgan fingerprint density at radius 3 is 2.50 bits per heavy atom. The molecule has 0 radical (unpaired) electrons. The van der Waals surface area contributed by atoms with Crippen molar-refractivity contribution < 1.29 is 17.9 Å². The molecule has 0 aliphatic rings. The molecule has 22 heavy (non-hydrogen) atoms. The fourth-order valence-corrected chi connectivity index (χ4v) is 1.83. The molecule has 0 saturated carbocycles. The lowest BCUT2D eigenvalue weighted by molar-refractivity contribution is -0.138. The first-order chi connectivity index (χ1) is 10.4. The Morgan fingerprint density at radius 2 is 1.95 bits per heavy atom. The third kappa shape index (κ3) is 5.46. The highest BCUT2D eigenvalue weighted by atomic mass is 19.4. The molecule has 0 unspecified atom stereocenters. The molecule has 4 nitrogen and oxygen atoms in total. The second kappa shape index (κ2) is 8.51. The number of guanidine groups is 1. The van der Waals surface area contributed by atoms with Gasteiger partial charge in [-0.2, -0.15) is 13.2 Å². The molecule has 0 amide bonds. The number of aliphatic imine (C=N–C) groups is 1. The standard InChI is InChI=1S/C15H22F3N3O/c1-4-8-20-14(19-5-2)21-10-11-6-7-12(22-3)9-13(11)15(16,17)18/h6-7,9H,4-5,8,10H2,1-3H3,(H2,19,20,21). The summed E-state index contributed by atoms with van der Waals surface area (Å²) in [6.45, 7) is 5.20. The summed E-state index contributed by atoms with van der Waals surface area (Å²) >= 11 is 0. The Morgan fingerprint density at radius 1 is 1.23 bits per heavy atom. The molecule has 2 N–H and O–H groups in total. The summed E-state index contributed by atoms with van der Waals surface area (Å²) in [6, 6.07) is 3.90. The number of hydrogen-bond acceptors (Lipinski definition) is 2. The van der Waals surface area contributed by atoms with Gasteiger partial charge in [-0.25, -0.2) is 4.99 Å². The van der Waals surface area contributed by atoms with Gasteiger partial charge < -0.3 is 15.4 Å². The Hall–Kier alpha value is -1.92. The van der Waals surface area contributed by atoms with E-state index >= 15 is 0 Å². The van der Waals surface area contributed by atoms with E-state index in [0.29, 0.717) is 19.0 Å². The first-order valence-corrected chi connectivity index (χ1v) is 7.18. The molecule has 0 spiro atoms. The molecule has 0 fully saturated rings. The number of benzene rings is 1. The summed E-state index contributed by atoms with van der Waals surface area (Å²) in [4.78, 5) is 4.20. The number of alkyl halides is 3. The van der Waals surface area contributed by atoms with Crippen LogP contribution in [0.5, 0.6) is 5.75 Å². The number of hydrogen-bond donors (Lipinski definition) is 2. The summed E-state index contributed by atoms with van der Waals surface area (Å²) in [5.74, 6) is 0.685. The summed E-state index contributed by atoms with van der Waals surface area (Å²) < 4.78 is 44.2. The van der Waals surface area contributed by atoms with Gasteiger partial charge in [0, 0.05) is 13.1 Å². The van der Waals surface area contributed by atoms with E-state index in [-0.39, 0.29) is 17.9 Å². The Balaban J connectivity index is 3.00. The molecule has 7 heteroatoms. The second-order valence-corrected chi connectivity index (χ2v) is 4.64. The van der Waals surface area contributed by atoms with Gasteiger partial charge in [0.25, 0.3) is 0 Å². The smallest absolute Gasteiger partial charge is 0.416 e. The van der Waals surface area contributed by atoms with E-state index in [9.17, 15) is 13.2 Å². The third-order valence-electron chi connectivity index (χ3n) is 2.92. The minimum Gasteiger partial charge on any atom is -0.497 e. The maximum atomic E-state index is 13.1. The monoisotopic (exact) mass is 317 g/mol. The van der Waals surface area contributed by atoms with E-state index < -0.39 is 11.7 Å². The predicted molar refractivity (Wildman–Crippen MR) is 81.1 cm³/mol. The number of ether oxygens (including phenoxy) is 1. The summed E-state index contributed by atoms with van der Waals surface area (Å²) in [5.41, 5.74) is -0.607. The maximum absolute atomic E-state index is 13.1. The highest BCUT2D eigenvalue weighted by Crippen LogP contribution is 2.34. The van der Waals surface area contributed by atoms with Gasteiger partial charge in [-0.1, -0.05) is 13.0 Å². The van der Waals surface area contributed by atoms with Gasteiger partial charge in [0.1, 0.15) is 5.75 Å². The number of nitrogens with zero attached hydrogens (tertiary/aromatic N) is 1. The van der Waals surface area contributed by atoms with Crippen LogP contribution in [-0.4, -0.2) is 26.2 Å². The molecule has 124 valence electrons. The lowest BCUT2D eigenvalue weighted by Gasteiger charge is -2.14. The van der Waals surface area contributed by atoms with Crippen molar-refractivity contribution in [3.05, 3.63) is 29.3 Å². The summed E-state index contributed by atoms with van der Waals surface area (Å²) in [7, 11) is 1.34. The van der Waals surface area contributed by atoms with Gasteiger partial charge in [0.2, 0.25) is 0 Å². The average Bonchev–Trinajstić information content (AvgIpc) is 2.49. The molecule has 0 bridgehead atoms. The quantitative estimate of drug-likeness (QED) is 0.626. The third-order valence-corrected chi connectivity index (χ3v) is 2.92. The number of methoxy groups -OCH3 is 1. The van der Waals surface area contributed by atoms with E-state index in [1.54, 1.807) is 0 Å². The molecule has 0 heterocycles. The van der Waals surface area contributed by atoms with Crippen LogP contribution in [0.15, 0.2) is 23.2 Å². The van der Waals surface area contributed by atoms with Crippen LogP contribution < -0.4 is 15.4 Å². The average molecular weight is 317 g/mol. The van der Waals surface area contributed by atoms with Crippen molar-refractivity contribution in [2.75, 3.05) is 20.2 Å². The summed E-state index contributed by atoms with van der Waals surface area (Å²) in [6.07, 6.45) is -3.53. The van der Waals surface area contributed by atoms with Gasteiger partial charge >= 0.3 is 6.18 Å². The highest BCUT2D eigenvalue weighted by Gasteiger charge is 2.33. The van der Waals surface area contributed by atoms with Crippen LogP contribution in [0.25, 0.3) is 0 Å². The van der Waals surface area contributed by atoms with Gasteiger partial charge in [0.05, 0.1) is 19.2 Å². The zero-order valence-electron chi connectivity index (χ0n) is 13.0. The van der Waals surface area contributed by atoms with E-state index in [4.69, 9.17) is 4.74 Å². The SMILES string of the molecule is CCCNC(=NCc1ccc(OC)cc1C(F)(F)F)NCC. The van der Waals surface area contributed by atoms with Crippen LogP contribution in [0.4, 0.5) is 13.2 Å². The van der Waals surface area contributed by atoms with E-state index in [1.807, 2.05) is 13.8 Å². The number of nitrogens with one attached hydrogen (secondary N) is 2. The van der Waals surface area contributed by atoms with Gasteiger partial charge in [-0.3, -0.25) is 0 Å². The molecular weight excluding hydrogens is 295 g/mol. The molecule has 1 rings (SSSR count). The van der Waals surface area contributed by atoms with Crippen LogP contribution in [-0.2, 0) is 12.7 Å². The fraction of sp³-hybridized carbons (Fsp3) is 0.533. The van der Waals surface area contributed by atoms with Crippen molar-refractivity contribution in [1.82, 2.24) is 10.6 Å². The first-order valence-electron chi connectivity index (χ1n) is 7.18. The van der Waals surface area contributed by atoms with Crippen molar-refractivity contribution in [3.8, 4) is 5.75 Å². The summed E-state index contributed by atoms with van der Waals surface area (Å²) in [5, 5.41) is 6.06. The largest absolute Gasteiger partial charge is 0.497 e. The van der Waals surface area contributed by atoms with E-state index in [0.717, 1.165) is 12.5 Å². The first kappa shape index (κ1) is 18.1. The van der Waals surface area contributed by atoms with Crippen molar-refractivity contribution >= 4 is 5.96 Å². The molecule has 0 saturated heterocycles. The zero-order chi connectivity index (χ0) is 16.6. The Labute approximate surface area is 128 Å². The van der Waals surface area contributed by atoms with Gasteiger partial charge in [0.15, 0.2) is 5.96 Å². The van der Waals surface area contributed by atoms with Gasteiger partial charge in [-0.05, 0) is 31.0 Å². The highest BCUT2D eigenvalue weighted by molar-refractivity contribution is 5.79. The molecule has 1 aromatic rings. The van der Waals surface area contributed by atoms with Crippen LogP contribution in [0.3, 0.4) is 0 Å². The molecule has 0 aliphatic carbocycles. The number of rotatable bonds is 6. The van der Waals surface area contributed by atoms with Crippen molar-refractivity contribution in [2.45, 2.75) is 33.0 Å². The van der Waals surface area contributed by atoms with Crippen LogP contribution >= 0.6 is 0 Å². The van der Waals surface area contributed by atoms with Crippen LogP contribution in [0, 0.1) is 0 Å². The van der Waals surface area contributed by atoms with E-state index in [2.05, 4.69) is 15.6 Å².